The molecule has 1 rings (SSSR count). The number of halogens is 1. The molecule has 1 aromatic rings. The minimum Gasteiger partial charge on any atom is -0.384 e. The molecule has 0 unspecified atom stereocenters. The molecule has 0 aliphatic heterocycles. The van der Waals surface area contributed by atoms with Crippen molar-refractivity contribution in [2.45, 2.75) is 27.2 Å². The normalized spacial score (nSPS) is 11.3. The molecule has 0 saturated heterocycles. The Hall–Kier alpha value is -1.10. The number of nitrogens with one attached hydrogen (secondary N) is 1. The Labute approximate surface area is 110 Å². The molecule has 0 spiro atoms. The number of nitro benzene ring substituents is 1. The van der Waals surface area contributed by atoms with E-state index in [2.05, 4.69) is 42.0 Å². The van der Waals surface area contributed by atoms with E-state index in [1.165, 1.54) is 6.07 Å². The van der Waals surface area contributed by atoms with Crippen LogP contribution in [0.3, 0.4) is 0 Å². The molecule has 94 valence electrons. The first kappa shape index (κ1) is 14.0. The van der Waals surface area contributed by atoms with E-state index in [4.69, 9.17) is 0 Å². The number of hydrogen-bond donors (Lipinski definition) is 1. The van der Waals surface area contributed by atoms with Crippen LogP contribution in [0.4, 0.5) is 11.4 Å². The molecule has 0 aliphatic rings. The third kappa shape index (κ3) is 4.73. The van der Waals surface area contributed by atoms with Crippen LogP contribution < -0.4 is 5.32 Å². The van der Waals surface area contributed by atoms with Gasteiger partial charge in [-0.1, -0.05) is 20.8 Å². The Balaban J connectivity index is 2.70. The molecule has 0 atom stereocenters. The third-order valence-electron chi connectivity index (χ3n) is 2.35. The van der Waals surface area contributed by atoms with Gasteiger partial charge >= 0.3 is 0 Å². The summed E-state index contributed by atoms with van der Waals surface area (Å²) in [7, 11) is 0. The van der Waals surface area contributed by atoms with Crippen molar-refractivity contribution in [3.05, 3.63) is 32.8 Å². The second-order valence-corrected chi connectivity index (χ2v) is 6.01. The molecule has 0 amide bonds. The number of anilines is 1. The van der Waals surface area contributed by atoms with Crippen molar-refractivity contribution in [3.63, 3.8) is 0 Å². The summed E-state index contributed by atoms with van der Waals surface area (Å²) < 4.78 is 0.844. The number of hydrogen-bond acceptors (Lipinski definition) is 3. The zero-order valence-corrected chi connectivity index (χ0v) is 11.9. The monoisotopic (exact) mass is 300 g/mol. The molecule has 1 N–H and O–H groups in total. The summed E-state index contributed by atoms with van der Waals surface area (Å²) in [6, 6.07) is 4.73. The summed E-state index contributed by atoms with van der Waals surface area (Å²) in [5.74, 6) is 0. The number of non-ortho nitro benzene ring substituents is 1. The van der Waals surface area contributed by atoms with Crippen molar-refractivity contribution in [1.29, 1.82) is 0 Å². The quantitative estimate of drug-likeness (QED) is 0.669. The topological polar surface area (TPSA) is 55.2 Å². The molecule has 17 heavy (non-hydrogen) atoms. The molecule has 0 radical (unpaired) electrons. The Morgan fingerprint density at radius 1 is 1.41 bits per heavy atom. The van der Waals surface area contributed by atoms with E-state index >= 15 is 0 Å². The second kappa shape index (κ2) is 5.49. The van der Waals surface area contributed by atoms with Gasteiger partial charge in [-0.25, -0.2) is 0 Å². The van der Waals surface area contributed by atoms with Crippen LogP contribution in [0.2, 0.25) is 0 Å². The van der Waals surface area contributed by atoms with Crippen molar-refractivity contribution in [3.8, 4) is 0 Å². The second-order valence-electron chi connectivity index (χ2n) is 5.16. The van der Waals surface area contributed by atoms with Crippen LogP contribution in [0, 0.1) is 15.5 Å². The van der Waals surface area contributed by atoms with E-state index in [1.807, 2.05) is 0 Å². The first-order chi connectivity index (χ1) is 7.79. The fourth-order valence-corrected chi connectivity index (χ4v) is 1.72. The summed E-state index contributed by atoms with van der Waals surface area (Å²) in [5, 5.41) is 13.9. The van der Waals surface area contributed by atoms with Crippen LogP contribution in [-0.4, -0.2) is 11.5 Å². The largest absolute Gasteiger partial charge is 0.384 e. The van der Waals surface area contributed by atoms with Crippen LogP contribution in [0.1, 0.15) is 27.2 Å². The van der Waals surface area contributed by atoms with Crippen molar-refractivity contribution < 1.29 is 4.92 Å². The minimum absolute atomic E-state index is 0.103. The van der Waals surface area contributed by atoms with Gasteiger partial charge in [0.15, 0.2) is 0 Å². The van der Waals surface area contributed by atoms with Crippen LogP contribution >= 0.6 is 15.9 Å². The van der Waals surface area contributed by atoms with E-state index in [0.29, 0.717) is 0 Å². The Bertz CT molecular complexity index is 413. The maximum absolute atomic E-state index is 10.7. The fourth-order valence-electron chi connectivity index (χ4n) is 1.33. The van der Waals surface area contributed by atoms with Gasteiger partial charge in [-0.05, 0) is 33.8 Å². The van der Waals surface area contributed by atoms with Gasteiger partial charge < -0.3 is 5.32 Å². The molecular weight excluding hydrogens is 284 g/mol. The molecule has 0 fully saturated rings. The van der Waals surface area contributed by atoms with Gasteiger partial charge in [0.05, 0.1) is 10.6 Å². The average molecular weight is 301 g/mol. The SMILES string of the molecule is CC(C)(C)CCNc1cc([N+](=O)[O-])ccc1Br. The highest BCUT2D eigenvalue weighted by Gasteiger charge is 2.12. The highest BCUT2D eigenvalue weighted by molar-refractivity contribution is 9.10. The molecule has 0 heterocycles. The first-order valence-electron chi connectivity index (χ1n) is 5.47. The van der Waals surface area contributed by atoms with Crippen molar-refractivity contribution >= 4 is 27.3 Å². The van der Waals surface area contributed by atoms with Crippen molar-refractivity contribution in [2.24, 2.45) is 5.41 Å². The zero-order chi connectivity index (χ0) is 13.1. The van der Waals surface area contributed by atoms with E-state index in [-0.39, 0.29) is 16.0 Å². The molecule has 0 bridgehead atoms. The summed E-state index contributed by atoms with van der Waals surface area (Å²) in [5.41, 5.74) is 1.12. The van der Waals surface area contributed by atoms with Crippen LogP contribution in [0.25, 0.3) is 0 Å². The lowest BCUT2D eigenvalue weighted by atomic mass is 9.92. The molecule has 4 nitrogen and oxygen atoms in total. The highest BCUT2D eigenvalue weighted by atomic mass is 79.9. The third-order valence-corrected chi connectivity index (χ3v) is 3.04. The lowest BCUT2D eigenvalue weighted by Gasteiger charge is -2.18. The van der Waals surface area contributed by atoms with E-state index in [0.717, 1.165) is 23.1 Å². The maximum atomic E-state index is 10.7. The molecule has 0 aliphatic carbocycles. The van der Waals surface area contributed by atoms with Crippen molar-refractivity contribution in [2.75, 3.05) is 11.9 Å². The first-order valence-corrected chi connectivity index (χ1v) is 6.27. The standard InChI is InChI=1S/C12H17BrN2O2/c1-12(2,3)6-7-14-11-8-9(15(16)17)4-5-10(11)13/h4-5,8,14H,6-7H2,1-3H3. The number of nitro groups is 1. The predicted octanol–water partition coefficient (Wildman–Crippen LogP) is 4.21. The van der Waals surface area contributed by atoms with Gasteiger partial charge in [0.25, 0.3) is 5.69 Å². The van der Waals surface area contributed by atoms with E-state index in [1.54, 1.807) is 12.1 Å². The lowest BCUT2D eigenvalue weighted by molar-refractivity contribution is -0.384. The maximum Gasteiger partial charge on any atom is 0.271 e. The lowest BCUT2D eigenvalue weighted by Crippen LogP contribution is -2.13. The minimum atomic E-state index is -0.388. The van der Waals surface area contributed by atoms with Gasteiger partial charge in [-0.15, -0.1) is 0 Å². The van der Waals surface area contributed by atoms with Crippen LogP contribution in [-0.2, 0) is 0 Å². The number of benzene rings is 1. The van der Waals surface area contributed by atoms with Crippen molar-refractivity contribution in [1.82, 2.24) is 0 Å². The van der Waals surface area contributed by atoms with Crippen LogP contribution in [0.15, 0.2) is 22.7 Å². The van der Waals surface area contributed by atoms with Gasteiger partial charge in [0.1, 0.15) is 0 Å². The number of rotatable bonds is 4. The average Bonchev–Trinajstić information content (AvgIpc) is 2.18. The highest BCUT2D eigenvalue weighted by Crippen LogP contribution is 2.27. The van der Waals surface area contributed by atoms with Gasteiger partial charge in [-0.3, -0.25) is 10.1 Å². The summed E-state index contributed by atoms with van der Waals surface area (Å²) in [6.45, 7) is 7.29. The summed E-state index contributed by atoms with van der Waals surface area (Å²) in [4.78, 5) is 10.3. The predicted molar refractivity (Wildman–Crippen MR) is 73.4 cm³/mol. The summed E-state index contributed by atoms with van der Waals surface area (Å²) in [6.07, 6.45) is 1.00. The molecular formula is C12H17BrN2O2. The fraction of sp³-hybridized carbons (Fsp3) is 0.500. The molecule has 5 heteroatoms. The van der Waals surface area contributed by atoms with Gasteiger partial charge in [0, 0.05) is 23.2 Å². The molecule has 0 aromatic heterocycles. The van der Waals surface area contributed by atoms with Crippen LogP contribution in [0.5, 0.6) is 0 Å². The number of nitrogens with zero attached hydrogens (tertiary/aromatic N) is 1. The van der Waals surface area contributed by atoms with Gasteiger partial charge in [0.2, 0.25) is 0 Å². The Kier molecular flexibility index (Phi) is 4.51. The smallest absolute Gasteiger partial charge is 0.271 e. The summed E-state index contributed by atoms with van der Waals surface area (Å²) >= 11 is 3.38. The molecule has 0 saturated carbocycles. The molecule has 1 aromatic carbocycles. The Morgan fingerprint density at radius 2 is 2.06 bits per heavy atom. The van der Waals surface area contributed by atoms with E-state index < -0.39 is 0 Å². The zero-order valence-electron chi connectivity index (χ0n) is 10.3. The van der Waals surface area contributed by atoms with Gasteiger partial charge in [-0.2, -0.15) is 0 Å². The van der Waals surface area contributed by atoms with E-state index in [9.17, 15) is 10.1 Å². The Morgan fingerprint density at radius 3 is 2.59 bits per heavy atom.